The minimum Gasteiger partial charge on any atom is -0.386 e. The average molecular weight is 211 g/mol. The zero-order chi connectivity index (χ0) is 10.5. The lowest BCUT2D eigenvalue weighted by molar-refractivity contribution is -0.167. The topological polar surface area (TPSA) is 49.8 Å². The third-order valence-electron chi connectivity index (χ3n) is 3.78. The van der Waals surface area contributed by atoms with Crippen LogP contribution in [0.25, 0.3) is 0 Å². The lowest BCUT2D eigenvalue weighted by atomic mass is 9.88. The van der Waals surface area contributed by atoms with Gasteiger partial charge in [-0.05, 0) is 31.6 Å². The molecule has 2 heterocycles. The highest BCUT2D eigenvalue weighted by Gasteiger charge is 2.54. The number of amides is 1. The van der Waals surface area contributed by atoms with Crippen molar-refractivity contribution >= 4 is 5.91 Å². The summed E-state index contributed by atoms with van der Waals surface area (Å²) in [7, 11) is 0. The Labute approximate surface area is 89.2 Å². The predicted molar refractivity (Wildman–Crippen MR) is 53.2 cm³/mol. The van der Waals surface area contributed by atoms with Gasteiger partial charge in [-0.25, -0.2) is 0 Å². The van der Waals surface area contributed by atoms with Gasteiger partial charge in [0.2, 0.25) is 0 Å². The van der Waals surface area contributed by atoms with Gasteiger partial charge in [0.25, 0.3) is 5.91 Å². The predicted octanol–water partition coefficient (Wildman–Crippen LogP) is 0.149. The lowest BCUT2D eigenvalue weighted by Crippen LogP contribution is -2.66. The van der Waals surface area contributed by atoms with Crippen molar-refractivity contribution in [1.82, 2.24) is 4.90 Å². The first-order valence-electron chi connectivity index (χ1n) is 5.82. The second kappa shape index (κ2) is 3.19. The highest BCUT2D eigenvalue weighted by molar-refractivity contribution is 5.82. The lowest BCUT2D eigenvalue weighted by Gasteiger charge is -2.47. The maximum absolute atomic E-state index is 11.8. The first-order valence-corrected chi connectivity index (χ1v) is 5.82. The number of carbonyl (C=O) groups excluding carboxylic acids is 1. The summed E-state index contributed by atoms with van der Waals surface area (Å²) in [5.41, 5.74) is -0.561. The zero-order valence-electron chi connectivity index (χ0n) is 8.82. The maximum atomic E-state index is 11.8. The van der Waals surface area contributed by atoms with Gasteiger partial charge >= 0.3 is 0 Å². The molecule has 0 aromatic heterocycles. The molecular formula is C11H17NO3. The van der Waals surface area contributed by atoms with Gasteiger partial charge in [-0.2, -0.15) is 0 Å². The largest absolute Gasteiger partial charge is 0.386 e. The summed E-state index contributed by atoms with van der Waals surface area (Å²) in [4.78, 5) is 13.6. The Balaban J connectivity index is 1.55. The normalized spacial score (nSPS) is 33.9. The Morgan fingerprint density at radius 3 is 2.60 bits per heavy atom. The van der Waals surface area contributed by atoms with Gasteiger partial charge in [0.05, 0.1) is 13.1 Å². The van der Waals surface area contributed by atoms with Crippen LogP contribution in [0.2, 0.25) is 0 Å². The van der Waals surface area contributed by atoms with Crippen molar-refractivity contribution in [3.8, 4) is 0 Å². The van der Waals surface area contributed by atoms with Crippen LogP contribution in [0, 0.1) is 5.92 Å². The number of aliphatic hydroxyl groups is 1. The van der Waals surface area contributed by atoms with Crippen molar-refractivity contribution in [2.75, 3.05) is 19.7 Å². The molecule has 3 aliphatic rings. The number of hydrogen-bond donors (Lipinski definition) is 1. The summed E-state index contributed by atoms with van der Waals surface area (Å²) in [6, 6.07) is 0. The van der Waals surface area contributed by atoms with Crippen LogP contribution in [0.5, 0.6) is 0 Å². The number of hydrogen-bond acceptors (Lipinski definition) is 3. The Bertz CT molecular complexity index is 276. The number of nitrogens with zero attached hydrogens (tertiary/aromatic N) is 1. The van der Waals surface area contributed by atoms with Gasteiger partial charge in [0, 0.05) is 6.61 Å². The van der Waals surface area contributed by atoms with Gasteiger partial charge in [0.15, 0.2) is 0 Å². The fourth-order valence-corrected chi connectivity index (χ4v) is 2.63. The van der Waals surface area contributed by atoms with E-state index in [0.717, 1.165) is 25.7 Å². The molecule has 0 radical (unpaired) electrons. The van der Waals surface area contributed by atoms with E-state index < -0.39 is 5.60 Å². The SMILES string of the molecule is O=C([C@H]1CCCO1)N1CC(O)(C2CC2)C1. The molecule has 3 rings (SSSR count). The molecular weight excluding hydrogens is 194 g/mol. The van der Waals surface area contributed by atoms with E-state index in [4.69, 9.17) is 4.74 Å². The van der Waals surface area contributed by atoms with E-state index in [1.807, 2.05) is 0 Å². The second-order valence-electron chi connectivity index (χ2n) is 5.07. The molecule has 2 saturated heterocycles. The van der Waals surface area contributed by atoms with Gasteiger partial charge in [-0.1, -0.05) is 0 Å². The molecule has 1 amide bonds. The fourth-order valence-electron chi connectivity index (χ4n) is 2.63. The molecule has 4 nitrogen and oxygen atoms in total. The summed E-state index contributed by atoms with van der Waals surface area (Å²) >= 11 is 0. The smallest absolute Gasteiger partial charge is 0.251 e. The molecule has 2 aliphatic heterocycles. The highest BCUT2D eigenvalue weighted by atomic mass is 16.5. The fraction of sp³-hybridized carbons (Fsp3) is 0.909. The molecule has 0 bridgehead atoms. The Hall–Kier alpha value is -0.610. The van der Waals surface area contributed by atoms with Crippen LogP contribution in [-0.4, -0.2) is 47.3 Å². The average Bonchev–Trinajstić information content (AvgIpc) is 2.89. The van der Waals surface area contributed by atoms with Gasteiger partial charge in [0.1, 0.15) is 11.7 Å². The Kier molecular flexibility index (Phi) is 2.04. The standard InChI is InChI=1S/C11H17NO3/c13-10(9-2-1-5-15-9)12-6-11(14,7-12)8-3-4-8/h8-9,14H,1-7H2/t9-/m1/s1. The quantitative estimate of drug-likeness (QED) is 0.707. The van der Waals surface area contributed by atoms with E-state index in [1.54, 1.807) is 4.90 Å². The molecule has 0 unspecified atom stereocenters. The van der Waals surface area contributed by atoms with Gasteiger partial charge < -0.3 is 14.7 Å². The van der Waals surface area contributed by atoms with Crippen LogP contribution in [0.1, 0.15) is 25.7 Å². The number of ether oxygens (including phenoxy) is 1. The molecule has 15 heavy (non-hydrogen) atoms. The van der Waals surface area contributed by atoms with E-state index in [-0.39, 0.29) is 12.0 Å². The highest BCUT2D eigenvalue weighted by Crippen LogP contribution is 2.44. The third-order valence-corrected chi connectivity index (χ3v) is 3.78. The molecule has 3 fully saturated rings. The minimum absolute atomic E-state index is 0.0813. The summed E-state index contributed by atoms with van der Waals surface area (Å²) in [5.74, 6) is 0.531. The monoisotopic (exact) mass is 211 g/mol. The van der Waals surface area contributed by atoms with Crippen LogP contribution in [0.3, 0.4) is 0 Å². The van der Waals surface area contributed by atoms with E-state index >= 15 is 0 Å². The van der Waals surface area contributed by atoms with Crippen LogP contribution < -0.4 is 0 Å². The van der Waals surface area contributed by atoms with Crippen molar-refractivity contribution in [1.29, 1.82) is 0 Å². The Morgan fingerprint density at radius 1 is 1.33 bits per heavy atom. The summed E-state index contributed by atoms with van der Waals surface area (Å²) in [6.45, 7) is 1.75. The van der Waals surface area contributed by atoms with Crippen molar-refractivity contribution in [2.24, 2.45) is 5.92 Å². The number of β-amino-alcohol motifs (C(OH)–C–C–N with tert-alkyl or cyclic N) is 1. The number of likely N-dealkylation sites (tertiary alicyclic amines) is 1. The number of carbonyl (C=O) groups is 1. The maximum Gasteiger partial charge on any atom is 0.251 e. The summed E-state index contributed by atoms with van der Waals surface area (Å²) in [6.07, 6.45) is 3.85. The summed E-state index contributed by atoms with van der Waals surface area (Å²) < 4.78 is 5.34. The third kappa shape index (κ3) is 1.56. The van der Waals surface area contributed by atoms with Crippen LogP contribution in [-0.2, 0) is 9.53 Å². The van der Waals surface area contributed by atoms with Crippen molar-refractivity contribution in [3.05, 3.63) is 0 Å². The minimum atomic E-state index is -0.561. The molecule has 1 saturated carbocycles. The molecule has 1 aliphatic carbocycles. The zero-order valence-corrected chi connectivity index (χ0v) is 8.82. The number of rotatable bonds is 2. The van der Waals surface area contributed by atoms with E-state index in [9.17, 15) is 9.90 Å². The molecule has 4 heteroatoms. The summed E-state index contributed by atoms with van der Waals surface area (Å²) in [5, 5.41) is 10.1. The molecule has 1 atom stereocenters. The van der Waals surface area contributed by atoms with E-state index in [0.29, 0.717) is 25.6 Å². The molecule has 0 aromatic carbocycles. The molecule has 1 N–H and O–H groups in total. The molecule has 0 spiro atoms. The van der Waals surface area contributed by atoms with E-state index in [1.165, 1.54) is 0 Å². The van der Waals surface area contributed by atoms with E-state index in [2.05, 4.69) is 0 Å². The first kappa shape index (κ1) is 9.60. The molecule has 0 aromatic rings. The van der Waals surface area contributed by atoms with Gasteiger partial charge in [-0.15, -0.1) is 0 Å². The van der Waals surface area contributed by atoms with Crippen LogP contribution in [0.4, 0.5) is 0 Å². The van der Waals surface area contributed by atoms with Crippen LogP contribution in [0.15, 0.2) is 0 Å². The molecule has 84 valence electrons. The van der Waals surface area contributed by atoms with Crippen molar-refractivity contribution < 1.29 is 14.6 Å². The first-order chi connectivity index (χ1) is 7.19. The van der Waals surface area contributed by atoms with Crippen LogP contribution >= 0.6 is 0 Å². The van der Waals surface area contributed by atoms with Gasteiger partial charge in [-0.3, -0.25) is 4.79 Å². The van der Waals surface area contributed by atoms with Crippen molar-refractivity contribution in [2.45, 2.75) is 37.4 Å². The van der Waals surface area contributed by atoms with Crippen molar-refractivity contribution in [3.63, 3.8) is 0 Å². The Morgan fingerprint density at radius 2 is 2.07 bits per heavy atom. The second-order valence-corrected chi connectivity index (χ2v) is 5.07.